The number of alkyl halides is 6. The van der Waals surface area contributed by atoms with Crippen LogP contribution in [0.15, 0.2) is 91.0 Å². The molecule has 0 saturated heterocycles. The summed E-state index contributed by atoms with van der Waals surface area (Å²) in [6, 6.07) is 17.9. The third-order valence-electron chi connectivity index (χ3n) is 14.9. The van der Waals surface area contributed by atoms with Crippen LogP contribution >= 0.6 is 0 Å². The Kier molecular flexibility index (Phi) is 11.1. The fourth-order valence-corrected chi connectivity index (χ4v) is 10.6. The summed E-state index contributed by atoms with van der Waals surface area (Å²) in [6.07, 6.45) is 9.70. The van der Waals surface area contributed by atoms with Crippen molar-refractivity contribution < 1.29 is 26.3 Å². The summed E-state index contributed by atoms with van der Waals surface area (Å²) < 4.78 is 85.2. The minimum Gasteiger partial charge on any atom is -0.371 e. The minimum absolute atomic E-state index is 0.0241. The predicted octanol–water partition coefficient (Wildman–Crippen LogP) is 15.7. The monoisotopic (exact) mass is 899 g/mol. The normalized spacial score (nSPS) is 19.7. The van der Waals surface area contributed by atoms with Gasteiger partial charge in [-0.15, -0.1) is 0 Å². The zero-order chi connectivity index (χ0) is 47.2. The summed E-state index contributed by atoms with van der Waals surface area (Å²) in [6.45, 7) is 22.7. The van der Waals surface area contributed by atoms with Gasteiger partial charge in [0.25, 0.3) is 0 Å². The molecule has 0 spiro atoms. The van der Waals surface area contributed by atoms with E-state index < -0.39 is 23.5 Å². The van der Waals surface area contributed by atoms with E-state index in [-0.39, 0.29) is 38.9 Å². The molecule has 344 valence electrons. The Morgan fingerprint density at radius 1 is 0.470 bits per heavy atom. The Bertz CT molecular complexity index is 2750. The fourth-order valence-electron chi connectivity index (χ4n) is 10.6. The van der Waals surface area contributed by atoms with Gasteiger partial charge in [-0.1, -0.05) is 104 Å². The van der Waals surface area contributed by atoms with Crippen LogP contribution in [0.25, 0.3) is 46.3 Å². The zero-order valence-electron chi connectivity index (χ0n) is 39.2. The van der Waals surface area contributed by atoms with Gasteiger partial charge in [0.2, 0.25) is 0 Å². The van der Waals surface area contributed by atoms with Crippen LogP contribution in [0.3, 0.4) is 0 Å². The number of anilines is 2. The van der Waals surface area contributed by atoms with Crippen LogP contribution in [0.1, 0.15) is 137 Å². The quantitative estimate of drug-likeness (QED) is 0.120. The lowest BCUT2D eigenvalue weighted by molar-refractivity contribution is -0.143. The van der Waals surface area contributed by atoms with E-state index in [1.165, 1.54) is 33.6 Å². The summed E-state index contributed by atoms with van der Waals surface area (Å²) in [5.41, 5.74) is 9.35. The van der Waals surface area contributed by atoms with Crippen LogP contribution in [0, 0.1) is 0 Å². The van der Waals surface area contributed by atoms with E-state index in [1.807, 2.05) is 42.5 Å². The number of benzene rings is 4. The molecule has 4 aliphatic rings. The van der Waals surface area contributed by atoms with Crippen molar-refractivity contribution in [1.82, 2.24) is 4.98 Å². The first-order chi connectivity index (χ1) is 30.9. The van der Waals surface area contributed by atoms with Crippen LogP contribution in [0.5, 0.6) is 0 Å². The van der Waals surface area contributed by atoms with E-state index in [0.717, 1.165) is 80.7 Å². The van der Waals surface area contributed by atoms with Gasteiger partial charge in [0, 0.05) is 42.9 Å². The van der Waals surface area contributed by atoms with Crippen molar-refractivity contribution in [2.45, 2.75) is 115 Å². The van der Waals surface area contributed by atoms with Crippen molar-refractivity contribution in [1.29, 1.82) is 0 Å². The highest BCUT2D eigenvalue weighted by molar-refractivity contribution is 5.97. The zero-order valence-corrected chi connectivity index (χ0v) is 39.2. The van der Waals surface area contributed by atoms with E-state index in [0.29, 0.717) is 16.6 Å². The van der Waals surface area contributed by atoms with Crippen molar-refractivity contribution >= 4 is 46.6 Å². The van der Waals surface area contributed by atoms with Crippen molar-refractivity contribution in [3.63, 3.8) is 0 Å². The Balaban J connectivity index is 1.07. The van der Waals surface area contributed by atoms with Crippen LogP contribution < -0.4 is 9.80 Å². The van der Waals surface area contributed by atoms with E-state index in [1.54, 1.807) is 24.3 Å². The van der Waals surface area contributed by atoms with Gasteiger partial charge in [0.05, 0.1) is 22.3 Å². The second-order valence-corrected chi connectivity index (χ2v) is 21.5. The molecule has 66 heavy (non-hydrogen) atoms. The first-order valence-corrected chi connectivity index (χ1v) is 23.2. The fraction of sp³-hybridized carbons (Fsp3) is 0.386. The molecule has 0 unspecified atom stereocenters. The predicted molar refractivity (Wildman–Crippen MR) is 261 cm³/mol. The Morgan fingerprint density at radius 3 is 1.27 bits per heavy atom. The van der Waals surface area contributed by atoms with Gasteiger partial charge in [-0.25, -0.2) is 4.98 Å². The molecule has 0 fully saturated rings. The summed E-state index contributed by atoms with van der Waals surface area (Å²) >= 11 is 0. The third-order valence-corrected chi connectivity index (χ3v) is 14.9. The molecule has 0 amide bonds. The molecule has 0 aliphatic carbocycles. The number of fused-ring (bicyclic) bond motifs is 1. The number of hydrogen-bond acceptors (Lipinski definition) is 3. The molecular formula is C57H59F6N3. The topological polar surface area (TPSA) is 19.4 Å². The van der Waals surface area contributed by atoms with Crippen LogP contribution in [-0.2, 0) is 34.0 Å². The Hall–Kier alpha value is -5.57. The molecule has 3 nitrogen and oxygen atoms in total. The van der Waals surface area contributed by atoms with Gasteiger partial charge < -0.3 is 9.80 Å². The van der Waals surface area contributed by atoms with E-state index >= 15 is 0 Å². The highest BCUT2D eigenvalue weighted by Gasteiger charge is 2.42. The largest absolute Gasteiger partial charge is 0.416 e. The molecule has 5 heterocycles. The molecule has 0 bridgehead atoms. The number of aromatic nitrogens is 1. The van der Waals surface area contributed by atoms with E-state index in [4.69, 9.17) is 4.98 Å². The lowest BCUT2D eigenvalue weighted by Crippen LogP contribution is -2.44. The maximum Gasteiger partial charge on any atom is 0.416 e. The Labute approximate surface area is 385 Å². The molecule has 5 aromatic rings. The molecule has 9 heteroatoms. The van der Waals surface area contributed by atoms with Crippen LogP contribution in [0.2, 0.25) is 0 Å². The molecule has 4 aromatic carbocycles. The average molecular weight is 900 g/mol. The van der Waals surface area contributed by atoms with Gasteiger partial charge in [-0.05, 0) is 164 Å². The maximum atomic E-state index is 14.2. The van der Waals surface area contributed by atoms with Gasteiger partial charge >= 0.3 is 12.4 Å². The first-order valence-electron chi connectivity index (χ1n) is 23.2. The van der Waals surface area contributed by atoms with Crippen molar-refractivity contribution in [3.05, 3.63) is 147 Å². The minimum atomic E-state index is -4.99. The van der Waals surface area contributed by atoms with E-state index in [2.05, 4.69) is 95.5 Å². The van der Waals surface area contributed by atoms with Crippen molar-refractivity contribution in [2.24, 2.45) is 0 Å². The molecule has 0 saturated carbocycles. The number of rotatable bonds is 7. The molecule has 0 N–H and O–H groups in total. The number of hydrogen-bond donors (Lipinski definition) is 0. The molecule has 0 atom stereocenters. The SMILES string of the molecule is CC1(C)CCN2CCC(C)(C)c3cc(C=CC=Cc4ccc5nc(C=CC=Cc6cc7c8c(c6)C(C)(C)CCN8CCC7(C)C)cc(-c6cc(C(F)(F)F)cc(C(F)(F)F)c6)c5c4)cc1c32. The summed E-state index contributed by atoms with van der Waals surface area (Å²) in [7, 11) is 0. The van der Waals surface area contributed by atoms with E-state index in [9.17, 15) is 26.3 Å². The van der Waals surface area contributed by atoms with Crippen LogP contribution in [0.4, 0.5) is 37.7 Å². The molecule has 9 rings (SSSR count). The number of nitrogens with zero attached hydrogens (tertiary/aromatic N) is 3. The second-order valence-electron chi connectivity index (χ2n) is 21.5. The lowest BCUT2D eigenvalue weighted by atomic mass is 9.69. The first kappa shape index (κ1) is 45.6. The lowest BCUT2D eigenvalue weighted by Gasteiger charge is -2.48. The summed E-state index contributed by atoms with van der Waals surface area (Å²) in [4.78, 5) is 9.90. The molecule has 1 aromatic heterocycles. The number of allylic oxidation sites excluding steroid dienone is 4. The standard InChI is InChI=1S/C57H59F6N3/c1-52(2)19-23-65-24-20-53(3,4)46-29-37(28-45(52)50(46)65)14-10-9-13-36-17-18-49-44(27-36)43(39-32-40(56(58,59)60)34-41(33-39)57(61,62)63)35-42(64-49)16-12-11-15-38-30-47-51-48(31-38)55(7,8)22-26-66(51)25-21-54(47,5)6/h9-18,27-35H,19-26H2,1-8H3. The van der Waals surface area contributed by atoms with Gasteiger partial charge in [-0.2, -0.15) is 26.3 Å². The van der Waals surface area contributed by atoms with Crippen LogP contribution in [-0.4, -0.2) is 31.2 Å². The maximum absolute atomic E-state index is 14.2. The van der Waals surface area contributed by atoms with Gasteiger partial charge in [0.15, 0.2) is 0 Å². The van der Waals surface area contributed by atoms with Gasteiger partial charge in [-0.3, -0.25) is 0 Å². The number of halogens is 6. The average Bonchev–Trinajstić information content (AvgIpc) is 3.24. The highest BCUT2D eigenvalue weighted by Crippen LogP contribution is 2.51. The van der Waals surface area contributed by atoms with Gasteiger partial charge in [0.1, 0.15) is 0 Å². The second kappa shape index (κ2) is 16.1. The smallest absolute Gasteiger partial charge is 0.371 e. The molecular weight excluding hydrogens is 841 g/mol. The summed E-state index contributed by atoms with van der Waals surface area (Å²) in [5, 5.41) is 0.436. The molecule has 0 radical (unpaired) electrons. The summed E-state index contributed by atoms with van der Waals surface area (Å²) in [5.74, 6) is 0. The third kappa shape index (κ3) is 8.63. The Morgan fingerprint density at radius 2 is 0.864 bits per heavy atom. The number of pyridine rings is 1. The molecule has 4 aliphatic heterocycles. The van der Waals surface area contributed by atoms with Crippen molar-refractivity contribution in [2.75, 3.05) is 36.0 Å². The van der Waals surface area contributed by atoms with Crippen molar-refractivity contribution in [3.8, 4) is 11.1 Å². The highest BCUT2D eigenvalue weighted by atomic mass is 19.4.